The molecule has 0 spiro atoms. The van der Waals surface area contributed by atoms with Gasteiger partial charge in [-0.25, -0.2) is 9.59 Å². The van der Waals surface area contributed by atoms with Gasteiger partial charge in [-0.3, -0.25) is 9.59 Å². The number of hydrogen-bond acceptors (Lipinski definition) is 10. The Balaban J connectivity index is 0.000000321. The van der Waals surface area contributed by atoms with Crippen LogP contribution < -0.4 is 28.7 Å². The third-order valence-electron chi connectivity index (χ3n) is 6.54. The van der Waals surface area contributed by atoms with Crippen molar-refractivity contribution in [1.82, 2.24) is 15.0 Å². The molecule has 1 heterocycles. The number of nitrogen functional groups attached to an aromatic ring is 3. The lowest BCUT2D eigenvalue weighted by molar-refractivity contribution is 0.0693. The summed E-state index contributed by atoms with van der Waals surface area (Å²) in [6.45, 7) is 0. The second kappa shape index (κ2) is 9.46. The van der Waals surface area contributed by atoms with Gasteiger partial charge in [-0.2, -0.15) is 15.0 Å². The largest absolute Gasteiger partial charge is 0.478 e. The van der Waals surface area contributed by atoms with Gasteiger partial charge in [0.05, 0.1) is 22.3 Å². The fraction of sp³-hybridized carbons (Fsp3) is 0. The van der Waals surface area contributed by atoms with E-state index in [0.29, 0.717) is 10.8 Å². The number of fused-ring (bicyclic) bond motifs is 2. The summed E-state index contributed by atoms with van der Waals surface area (Å²) in [5.74, 6) is -5.09. The van der Waals surface area contributed by atoms with Gasteiger partial charge in [-0.05, 0) is 38.4 Å². The maximum absolute atomic E-state index is 12.6. The molecule has 12 N–H and O–H groups in total. The third kappa shape index (κ3) is 4.11. The number of rotatable bonds is 4. The Kier molecular flexibility index (Phi) is 6.07. The minimum Gasteiger partial charge on any atom is -0.478 e. The third-order valence-corrected chi connectivity index (χ3v) is 6.54. The quantitative estimate of drug-likeness (QED) is 0.122. The van der Waals surface area contributed by atoms with Gasteiger partial charge in [0.25, 0.3) is 0 Å². The van der Waals surface area contributed by atoms with Gasteiger partial charge in [-0.1, -0.05) is 42.5 Å². The van der Waals surface area contributed by atoms with Crippen molar-refractivity contribution in [1.29, 1.82) is 0 Å². The van der Waals surface area contributed by atoms with Crippen LogP contribution in [0.4, 0.5) is 17.8 Å². The van der Waals surface area contributed by atoms with E-state index in [2.05, 4.69) is 15.0 Å². The highest BCUT2D eigenvalue weighted by molar-refractivity contribution is 6.40. The monoisotopic (exact) mass is 552 g/mol. The molecule has 0 atom stereocenters. The Morgan fingerprint density at radius 3 is 1.54 bits per heavy atom. The van der Waals surface area contributed by atoms with Gasteiger partial charge >= 0.3 is 11.9 Å². The van der Waals surface area contributed by atoms with Crippen LogP contribution in [-0.4, -0.2) is 48.9 Å². The molecule has 14 heteroatoms. The first-order chi connectivity index (χ1) is 19.4. The van der Waals surface area contributed by atoms with Crippen LogP contribution >= 0.6 is 0 Å². The van der Waals surface area contributed by atoms with Crippen LogP contribution in [0.1, 0.15) is 41.4 Å². The number of aromatic nitrogens is 3. The number of amides is 2. The number of anilines is 3. The van der Waals surface area contributed by atoms with Crippen LogP contribution in [0.2, 0.25) is 0 Å². The smallest absolute Gasteiger partial charge is 0.337 e. The van der Waals surface area contributed by atoms with Crippen LogP contribution in [0.3, 0.4) is 0 Å². The van der Waals surface area contributed by atoms with Crippen LogP contribution in [-0.2, 0) is 0 Å². The van der Waals surface area contributed by atoms with E-state index in [1.165, 1.54) is 6.07 Å². The van der Waals surface area contributed by atoms with E-state index >= 15 is 0 Å². The van der Waals surface area contributed by atoms with Crippen molar-refractivity contribution in [2.75, 3.05) is 17.2 Å². The van der Waals surface area contributed by atoms with Crippen molar-refractivity contribution in [3.8, 4) is 0 Å². The number of benzene rings is 5. The zero-order valence-electron chi connectivity index (χ0n) is 20.9. The van der Waals surface area contributed by atoms with Gasteiger partial charge in [0.1, 0.15) is 0 Å². The lowest BCUT2D eigenvalue weighted by Crippen LogP contribution is -2.25. The highest BCUT2D eigenvalue weighted by atomic mass is 16.4. The normalized spacial score (nSPS) is 11.0. The number of carboxylic acid groups (broad SMARTS) is 2. The molecule has 41 heavy (non-hydrogen) atoms. The van der Waals surface area contributed by atoms with Gasteiger partial charge < -0.3 is 38.9 Å². The van der Waals surface area contributed by atoms with Crippen molar-refractivity contribution in [3.63, 3.8) is 0 Å². The van der Waals surface area contributed by atoms with Gasteiger partial charge in [0.2, 0.25) is 29.7 Å². The Hall–Kier alpha value is -6.31. The van der Waals surface area contributed by atoms with E-state index in [9.17, 15) is 29.4 Å². The highest BCUT2D eigenvalue weighted by Gasteiger charge is 2.32. The first kappa shape index (κ1) is 26.3. The van der Waals surface area contributed by atoms with E-state index in [-0.39, 0.29) is 45.1 Å². The number of carbonyl (C=O) groups excluding carboxylic acids is 2. The second-order valence-corrected chi connectivity index (χ2v) is 8.87. The molecule has 0 saturated carbocycles. The summed E-state index contributed by atoms with van der Waals surface area (Å²) in [5.41, 5.74) is 24.7. The van der Waals surface area contributed by atoms with Crippen LogP contribution in [0.5, 0.6) is 0 Å². The molecular weight excluding hydrogens is 532 g/mol. The summed E-state index contributed by atoms with van der Waals surface area (Å²) >= 11 is 0. The molecule has 6 rings (SSSR count). The molecule has 0 bridgehead atoms. The van der Waals surface area contributed by atoms with Crippen LogP contribution in [0.25, 0.3) is 43.1 Å². The molecule has 6 aromatic rings. The Labute approximate surface area is 228 Å². The number of aromatic carboxylic acids is 2. The summed E-state index contributed by atoms with van der Waals surface area (Å²) in [4.78, 5) is 59.9. The average Bonchev–Trinajstić information content (AvgIpc) is 2.89. The molecule has 0 aliphatic carbocycles. The van der Waals surface area contributed by atoms with E-state index in [1.807, 2.05) is 24.3 Å². The van der Waals surface area contributed by atoms with E-state index in [4.69, 9.17) is 28.7 Å². The molecule has 0 saturated heterocycles. The standard InChI is InChI=1S/C24H14N2O6.C3H6N6/c25-21(27)18-16-12-6-2-4-9-3-1-5-10(14(9)12)11-7-8-13(23(29)30)17(15(11)16)20(24(31)32)19(18)22(26)28;4-1-7-2(5)9-3(6)8-1/h1-8H,(H2,25,27)(H2,26,28)(H,29,30)(H,31,32);(H6,4,5,6,7,8,9). The fourth-order valence-corrected chi connectivity index (χ4v) is 5.20. The molecule has 0 aliphatic heterocycles. The molecule has 0 radical (unpaired) electrons. The maximum Gasteiger partial charge on any atom is 0.337 e. The molecule has 204 valence electrons. The van der Waals surface area contributed by atoms with Crippen molar-refractivity contribution >= 4 is 84.7 Å². The first-order valence-corrected chi connectivity index (χ1v) is 11.7. The Morgan fingerprint density at radius 2 is 1.05 bits per heavy atom. The zero-order chi connectivity index (χ0) is 29.7. The molecule has 0 aliphatic rings. The molecule has 1 aromatic heterocycles. The van der Waals surface area contributed by atoms with Crippen molar-refractivity contribution < 1.29 is 29.4 Å². The molecule has 2 amide bonds. The molecular formula is C27H20N8O6. The fourth-order valence-electron chi connectivity index (χ4n) is 5.20. The number of hydrogen-bond donors (Lipinski definition) is 7. The number of primary amides is 2. The van der Waals surface area contributed by atoms with Crippen LogP contribution in [0, 0.1) is 0 Å². The van der Waals surface area contributed by atoms with Crippen LogP contribution in [0.15, 0.2) is 48.5 Å². The van der Waals surface area contributed by atoms with E-state index < -0.39 is 34.9 Å². The lowest BCUT2D eigenvalue weighted by Gasteiger charge is -2.21. The number of nitrogens with two attached hydrogens (primary N) is 5. The van der Waals surface area contributed by atoms with Gasteiger partial charge in [0.15, 0.2) is 0 Å². The minimum atomic E-state index is -1.59. The minimum absolute atomic E-state index is 0.0417. The molecule has 14 nitrogen and oxygen atoms in total. The number of carboxylic acids is 2. The van der Waals surface area contributed by atoms with E-state index in [1.54, 1.807) is 18.2 Å². The van der Waals surface area contributed by atoms with Crippen molar-refractivity contribution in [3.05, 3.63) is 70.8 Å². The van der Waals surface area contributed by atoms with Gasteiger partial charge in [0, 0.05) is 10.8 Å². The molecule has 0 fully saturated rings. The summed E-state index contributed by atoms with van der Waals surface area (Å²) < 4.78 is 0. The van der Waals surface area contributed by atoms with Crippen molar-refractivity contribution in [2.24, 2.45) is 11.5 Å². The topological polar surface area (TPSA) is 278 Å². The predicted octanol–water partition coefficient (Wildman–Crippen LogP) is 1.95. The number of carbonyl (C=O) groups is 4. The maximum atomic E-state index is 12.6. The summed E-state index contributed by atoms with van der Waals surface area (Å²) in [6, 6.07) is 13.7. The van der Waals surface area contributed by atoms with E-state index in [0.717, 1.165) is 16.2 Å². The van der Waals surface area contributed by atoms with Crippen molar-refractivity contribution in [2.45, 2.75) is 0 Å². The first-order valence-electron chi connectivity index (χ1n) is 11.7. The summed E-state index contributed by atoms with van der Waals surface area (Å²) in [5, 5.41) is 23.5. The second-order valence-electron chi connectivity index (χ2n) is 8.87. The number of nitrogens with zero attached hydrogens (tertiary/aromatic N) is 3. The van der Waals surface area contributed by atoms with Gasteiger partial charge in [-0.15, -0.1) is 0 Å². The Bertz CT molecular complexity index is 2050. The lowest BCUT2D eigenvalue weighted by atomic mass is 9.81. The average molecular weight is 553 g/mol. The molecule has 5 aromatic carbocycles. The molecule has 0 unspecified atom stereocenters. The predicted molar refractivity (Wildman–Crippen MR) is 152 cm³/mol. The SMILES string of the molecule is NC(=O)c1c(C(=O)O)c2c(C(=O)O)ccc3c4cccc5cccc(c(c1C(N)=O)c23)c54.Nc1nc(N)nc(N)n1. The Morgan fingerprint density at radius 1 is 0.537 bits per heavy atom. The highest BCUT2D eigenvalue weighted by Crippen LogP contribution is 2.45. The summed E-state index contributed by atoms with van der Waals surface area (Å²) in [7, 11) is 0. The zero-order valence-corrected chi connectivity index (χ0v) is 20.9. The summed E-state index contributed by atoms with van der Waals surface area (Å²) in [6.07, 6.45) is 0.